The molecule has 66 valence electrons. The lowest BCUT2D eigenvalue weighted by Crippen LogP contribution is -2.01. The first-order chi connectivity index (χ1) is 5.66. The van der Waals surface area contributed by atoms with Crippen molar-refractivity contribution in [2.75, 3.05) is 6.61 Å². The predicted molar refractivity (Wildman–Crippen MR) is 45.2 cm³/mol. The van der Waals surface area contributed by atoms with Gasteiger partial charge in [-0.05, 0) is 5.92 Å². The van der Waals surface area contributed by atoms with Gasteiger partial charge in [0.2, 0.25) is 0 Å². The van der Waals surface area contributed by atoms with Crippen molar-refractivity contribution < 1.29 is 9.53 Å². The first-order valence-corrected chi connectivity index (χ1v) is 3.88. The summed E-state index contributed by atoms with van der Waals surface area (Å²) in [5.41, 5.74) is 0. The maximum absolute atomic E-state index is 10.8. The molecule has 0 atom stereocenters. The molecule has 0 saturated carbocycles. The fourth-order valence-electron chi connectivity index (χ4n) is 0.516. The molecule has 0 aliphatic heterocycles. The highest BCUT2D eigenvalue weighted by molar-refractivity contribution is 5.81. The van der Waals surface area contributed by atoms with Crippen molar-refractivity contribution in [3.63, 3.8) is 0 Å². The monoisotopic (exact) mass is 167 g/mol. The van der Waals surface area contributed by atoms with Gasteiger partial charge in [-0.25, -0.2) is 4.79 Å². The van der Waals surface area contributed by atoms with E-state index in [9.17, 15) is 4.79 Å². The Balaban J connectivity index is 3.54. The molecule has 0 radical (unpaired) electrons. The van der Waals surface area contributed by atoms with E-state index in [0.29, 0.717) is 5.92 Å². The Bertz CT molecular complexity index is 201. The van der Waals surface area contributed by atoms with Gasteiger partial charge in [0, 0.05) is 6.08 Å². The molecule has 0 spiro atoms. The van der Waals surface area contributed by atoms with Gasteiger partial charge in [-0.15, -0.1) is 0 Å². The first-order valence-electron chi connectivity index (χ1n) is 3.88. The predicted octanol–water partition coefficient (Wildman–Crippen LogP) is 1.66. The summed E-state index contributed by atoms with van der Waals surface area (Å²) in [5.74, 6) is -0.0348. The Hall–Kier alpha value is -1.30. The van der Waals surface area contributed by atoms with Crippen LogP contribution in [0.1, 0.15) is 20.3 Å². The lowest BCUT2D eigenvalue weighted by atomic mass is 10.2. The van der Waals surface area contributed by atoms with Crippen LogP contribution in [-0.2, 0) is 9.53 Å². The number of allylic oxidation sites excluding steroid dienone is 1. The minimum absolute atomic E-state index is 0.178. The summed E-state index contributed by atoms with van der Waals surface area (Å²) in [4.78, 5) is 10.8. The van der Waals surface area contributed by atoms with Crippen molar-refractivity contribution in [3.05, 3.63) is 12.2 Å². The van der Waals surface area contributed by atoms with Gasteiger partial charge in [0.05, 0.1) is 12.5 Å². The van der Waals surface area contributed by atoms with Crippen LogP contribution >= 0.6 is 0 Å². The lowest BCUT2D eigenvalue weighted by Gasteiger charge is -1.97. The number of nitrogens with zero attached hydrogens (tertiary/aromatic N) is 1. The van der Waals surface area contributed by atoms with E-state index in [1.807, 2.05) is 19.9 Å². The summed E-state index contributed by atoms with van der Waals surface area (Å²) >= 11 is 0. The number of nitriles is 1. The van der Waals surface area contributed by atoms with Gasteiger partial charge < -0.3 is 4.74 Å². The van der Waals surface area contributed by atoms with E-state index in [-0.39, 0.29) is 19.0 Å². The SMILES string of the molecule is CC(C)C=CC(=O)OCCC#N. The van der Waals surface area contributed by atoms with Gasteiger partial charge in [-0.2, -0.15) is 5.26 Å². The standard InChI is InChI=1S/C9H13NO2/c1-8(2)4-5-9(11)12-7-3-6-10/h4-5,8H,3,7H2,1-2H3. The van der Waals surface area contributed by atoms with Gasteiger partial charge in [0.25, 0.3) is 0 Å². The smallest absolute Gasteiger partial charge is 0.330 e. The van der Waals surface area contributed by atoms with Gasteiger partial charge in [0.1, 0.15) is 6.61 Å². The van der Waals surface area contributed by atoms with E-state index in [0.717, 1.165) is 0 Å². The molecule has 0 saturated heterocycles. The van der Waals surface area contributed by atoms with Crippen LogP contribution in [0.2, 0.25) is 0 Å². The fraction of sp³-hybridized carbons (Fsp3) is 0.556. The van der Waals surface area contributed by atoms with Gasteiger partial charge >= 0.3 is 5.97 Å². The summed E-state index contributed by atoms with van der Waals surface area (Å²) in [6, 6.07) is 1.89. The molecule has 0 amide bonds. The maximum atomic E-state index is 10.8. The molecular formula is C9H13NO2. The minimum Gasteiger partial charge on any atom is -0.461 e. The van der Waals surface area contributed by atoms with Crippen LogP contribution in [0.4, 0.5) is 0 Å². The number of hydrogen-bond acceptors (Lipinski definition) is 3. The molecule has 0 aromatic carbocycles. The Kier molecular flexibility index (Phi) is 5.72. The number of carbonyl (C=O) groups excluding carboxylic acids is 1. The van der Waals surface area contributed by atoms with Crippen molar-refractivity contribution in [2.24, 2.45) is 5.92 Å². The normalized spacial score (nSPS) is 10.2. The Morgan fingerprint density at radius 1 is 1.67 bits per heavy atom. The molecule has 0 aromatic heterocycles. The van der Waals surface area contributed by atoms with Crippen LogP contribution in [0.3, 0.4) is 0 Å². The molecule has 12 heavy (non-hydrogen) atoms. The van der Waals surface area contributed by atoms with E-state index in [1.54, 1.807) is 6.08 Å². The highest BCUT2D eigenvalue weighted by Gasteiger charge is 1.95. The number of esters is 1. The van der Waals surface area contributed by atoms with E-state index in [4.69, 9.17) is 5.26 Å². The third-order valence-corrected chi connectivity index (χ3v) is 1.08. The Labute approximate surface area is 72.6 Å². The number of rotatable bonds is 4. The van der Waals surface area contributed by atoms with E-state index >= 15 is 0 Å². The first kappa shape index (κ1) is 10.7. The fourth-order valence-corrected chi connectivity index (χ4v) is 0.516. The van der Waals surface area contributed by atoms with Gasteiger partial charge in [0.15, 0.2) is 0 Å². The largest absolute Gasteiger partial charge is 0.461 e. The van der Waals surface area contributed by atoms with Gasteiger partial charge in [-0.1, -0.05) is 19.9 Å². The molecule has 0 aliphatic carbocycles. The van der Waals surface area contributed by atoms with Crippen molar-refractivity contribution in [3.8, 4) is 6.07 Å². The molecule has 0 aromatic rings. The third-order valence-electron chi connectivity index (χ3n) is 1.08. The zero-order chi connectivity index (χ0) is 9.40. The third kappa shape index (κ3) is 6.81. The maximum Gasteiger partial charge on any atom is 0.330 e. The van der Waals surface area contributed by atoms with Crippen LogP contribution in [0.15, 0.2) is 12.2 Å². The van der Waals surface area contributed by atoms with Crippen LogP contribution in [0, 0.1) is 17.2 Å². The molecule has 0 N–H and O–H groups in total. The van der Waals surface area contributed by atoms with E-state index in [2.05, 4.69) is 4.74 Å². The van der Waals surface area contributed by atoms with Gasteiger partial charge in [-0.3, -0.25) is 0 Å². The second kappa shape index (κ2) is 6.41. The summed E-state index contributed by atoms with van der Waals surface area (Å²) in [6.45, 7) is 4.12. The molecule has 0 fully saturated rings. The summed E-state index contributed by atoms with van der Waals surface area (Å²) < 4.78 is 4.68. The topological polar surface area (TPSA) is 50.1 Å². The summed E-state index contributed by atoms with van der Waals surface area (Å²) in [7, 11) is 0. The van der Waals surface area contributed by atoms with E-state index < -0.39 is 0 Å². The molecule has 0 bridgehead atoms. The molecule has 3 heteroatoms. The molecule has 0 heterocycles. The van der Waals surface area contributed by atoms with Crippen molar-refractivity contribution in [1.82, 2.24) is 0 Å². The average Bonchev–Trinajstić information content (AvgIpc) is 2.01. The lowest BCUT2D eigenvalue weighted by molar-refractivity contribution is -0.137. The highest BCUT2D eigenvalue weighted by Crippen LogP contribution is 1.94. The van der Waals surface area contributed by atoms with Crippen molar-refractivity contribution in [2.45, 2.75) is 20.3 Å². The molecular weight excluding hydrogens is 154 g/mol. The van der Waals surface area contributed by atoms with Crippen molar-refractivity contribution in [1.29, 1.82) is 5.26 Å². The second-order valence-electron chi connectivity index (χ2n) is 2.68. The number of hydrogen-bond donors (Lipinski definition) is 0. The summed E-state index contributed by atoms with van der Waals surface area (Å²) in [6.07, 6.45) is 3.40. The van der Waals surface area contributed by atoms with Crippen LogP contribution in [0.25, 0.3) is 0 Å². The number of ether oxygens (including phenoxy) is 1. The second-order valence-corrected chi connectivity index (χ2v) is 2.68. The summed E-state index contributed by atoms with van der Waals surface area (Å²) in [5, 5.41) is 8.14. The zero-order valence-electron chi connectivity index (χ0n) is 7.41. The number of carbonyl (C=O) groups is 1. The Morgan fingerprint density at radius 2 is 2.33 bits per heavy atom. The Morgan fingerprint density at radius 3 is 2.83 bits per heavy atom. The van der Waals surface area contributed by atoms with Crippen LogP contribution in [-0.4, -0.2) is 12.6 Å². The molecule has 3 nitrogen and oxygen atoms in total. The van der Waals surface area contributed by atoms with E-state index in [1.165, 1.54) is 6.08 Å². The quantitative estimate of drug-likeness (QED) is 0.363. The van der Waals surface area contributed by atoms with Crippen LogP contribution < -0.4 is 0 Å². The highest BCUT2D eigenvalue weighted by atomic mass is 16.5. The van der Waals surface area contributed by atoms with Crippen molar-refractivity contribution >= 4 is 5.97 Å². The molecule has 0 unspecified atom stereocenters. The minimum atomic E-state index is -0.376. The van der Waals surface area contributed by atoms with Crippen LogP contribution in [0.5, 0.6) is 0 Å². The molecule has 0 rings (SSSR count). The zero-order valence-corrected chi connectivity index (χ0v) is 7.41. The average molecular weight is 167 g/mol. The molecule has 0 aliphatic rings.